The lowest BCUT2D eigenvalue weighted by atomic mass is 9.96. The number of sulfonamides is 1. The summed E-state index contributed by atoms with van der Waals surface area (Å²) in [5, 5.41) is 2.91. The quantitative estimate of drug-likeness (QED) is 0.523. The third-order valence-corrected chi connectivity index (χ3v) is 7.53. The predicted octanol–water partition coefficient (Wildman–Crippen LogP) is 5.13. The van der Waals surface area contributed by atoms with Crippen molar-refractivity contribution >= 4 is 21.6 Å². The Morgan fingerprint density at radius 2 is 1.48 bits per heavy atom. The number of halogens is 1. The Morgan fingerprint density at radius 1 is 0.909 bits per heavy atom. The minimum Gasteiger partial charge on any atom is -0.348 e. The summed E-state index contributed by atoms with van der Waals surface area (Å²) in [6, 6.07) is 15.2. The molecule has 0 aliphatic heterocycles. The van der Waals surface area contributed by atoms with E-state index in [4.69, 9.17) is 0 Å². The van der Waals surface area contributed by atoms with Crippen LogP contribution < -0.4 is 9.62 Å². The van der Waals surface area contributed by atoms with Gasteiger partial charge in [-0.2, -0.15) is 0 Å². The van der Waals surface area contributed by atoms with E-state index in [1.165, 1.54) is 42.0 Å². The van der Waals surface area contributed by atoms with E-state index in [0.717, 1.165) is 26.6 Å². The molecule has 3 rings (SSSR count). The fourth-order valence-corrected chi connectivity index (χ4v) is 5.13. The fraction of sp³-hybridized carbons (Fsp3) is 0.269. The number of amides is 1. The first kappa shape index (κ1) is 24.5. The number of benzene rings is 3. The third kappa shape index (κ3) is 5.60. The first-order valence-corrected chi connectivity index (χ1v) is 12.1. The summed E-state index contributed by atoms with van der Waals surface area (Å²) in [6.45, 7) is 9.32. The zero-order valence-electron chi connectivity index (χ0n) is 19.5. The second-order valence-electron chi connectivity index (χ2n) is 8.38. The maximum Gasteiger partial charge on any atom is 0.264 e. The second-order valence-corrected chi connectivity index (χ2v) is 10.2. The zero-order chi connectivity index (χ0) is 24.3. The monoisotopic (exact) mass is 468 g/mol. The van der Waals surface area contributed by atoms with E-state index in [1.807, 2.05) is 40.7 Å². The van der Waals surface area contributed by atoms with Crippen LogP contribution in [-0.4, -0.2) is 20.9 Å². The largest absolute Gasteiger partial charge is 0.348 e. The molecule has 33 heavy (non-hydrogen) atoms. The van der Waals surface area contributed by atoms with Crippen molar-refractivity contribution in [1.29, 1.82) is 0 Å². The molecular weight excluding hydrogens is 439 g/mol. The molecule has 0 saturated carbocycles. The van der Waals surface area contributed by atoms with Crippen molar-refractivity contribution in [3.05, 3.63) is 94.3 Å². The molecule has 0 bridgehead atoms. The molecule has 0 fully saturated rings. The number of nitrogens with zero attached hydrogens (tertiary/aromatic N) is 1. The molecule has 0 aliphatic carbocycles. The molecule has 7 heteroatoms. The van der Waals surface area contributed by atoms with Gasteiger partial charge in [-0.05, 0) is 93.3 Å². The molecule has 3 aromatic rings. The Labute approximate surface area is 195 Å². The molecule has 174 valence electrons. The van der Waals surface area contributed by atoms with Crippen molar-refractivity contribution in [2.24, 2.45) is 0 Å². The molecule has 3 aromatic carbocycles. The van der Waals surface area contributed by atoms with Crippen molar-refractivity contribution in [3.8, 4) is 0 Å². The molecule has 0 heterocycles. The molecule has 0 aromatic heterocycles. The van der Waals surface area contributed by atoms with Crippen LogP contribution in [-0.2, 0) is 14.8 Å². The van der Waals surface area contributed by atoms with E-state index in [9.17, 15) is 17.6 Å². The van der Waals surface area contributed by atoms with Crippen LogP contribution in [0, 0.1) is 33.5 Å². The average Bonchev–Trinajstić information content (AvgIpc) is 2.75. The van der Waals surface area contributed by atoms with Gasteiger partial charge in [0.1, 0.15) is 12.4 Å². The highest BCUT2D eigenvalue weighted by Gasteiger charge is 2.28. The van der Waals surface area contributed by atoms with Crippen LogP contribution in [0.15, 0.2) is 65.6 Å². The SMILES string of the molecule is Cc1ccc(S(=O)(=O)N(CC(=O)NC(C)c2cc(C)c(C)cc2C)c2ccc(F)cc2)cc1. The maximum atomic E-state index is 13.5. The van der Waals surface area contributed by atoms with Gasteiger partial charge in [0.25, 0.3) is 10.0 Å². The van der Waals surface area contributed by atoms with Crippen LogP contribution in [0.25, 0.3) is 0 Å². The lowest BCUT2D eigenvalue weighted by molar-refractivity contribution is -0.120. The lowest BCUT2D eigenvalue weighted by Gasteiger charge is -2.25. The van der Waals surface area contributed by atoms with Crippen LogP contribution in [0.3, 0.4) is 0 Å². The Balaban J connectivity index is 1.90. The second kappa shape index (κ2) is 9.75. The number of carbonyl (C=O) groups is 1. The van der Waals surface area contributed by atoms with Crippen molar-refractivity contribution in [3.63, 3.8) is 0 Å². The van der Waals surface area contributed by atoms with Gasteiger partial charge in [-0.3, -0.25) is 9.10 Å². The number of nitrogens with one attached hydrogen (secondary N) is 1. The van der Waals surface area contributed by atoms with Gasteiger partial charge < -0.3 is 5.32 Å². The van der Waals surface area contributed by atoms with E-state index in [-0.39, 0.29) is 16.6 Å². The van der Waals surface area contributed by atoms with Crippen molar-refractivity contribution in [2.75, 3.05) is 10.8 Å². The molecule has 1 atom stereocenters. The summed E-state index contributed by atoms with van der Waals surface area (Å²) in [6.07, 6.45) is 0. The molecule has 1 amide bonds. The molecule has 5 nitrogen and oxygen atoms in total. The Hall–Kier alpha value is -3.19. The van der Waals surface area contributed by atoms with E-state index >= 15 is 0 Å². The van der Waals surface area contributed by atoms with Crippen LogP contribution in [0.1, 0.15) is 40.8 Å². The topological polar surface area (TPSA) is 66.5 Å². The zero-order valence-corrected chi connectivity index (χ0v) is 20.3. The summed E-state index contributed by atoms with van der Waals surface area (Å²) in [7, 11) is -4.05. The molecular formula is C26H29FN2O3S. The highest BCUT2D eigenvalue weighted by atomic mass is 32.2. The summed E-state index contributed by atoms with van der Waals surface area (Å²) in [5.41, 5.74) is 5.43. The Morgan fingerprint density at radius 3 is 2.09 bits per heavy atom. The third-order valence-electron chi connectivity index (χ3n) is 5.74. The molecule has 0 aliphatic rings. The molecule has 1 unspecified atom stereocenters. The average molecular weight is 469 g/mol. The van der Waals surface area contributed by atoms with Gasteiger partial charge in [-0.15, -0.1) is 0 Å². The van der Waals surface area contributed by atoms with Crippen molar-refractivity contribution in [2.45, 2.75) is 45.6 Å². The van der Waals surface area contributed by atoms with Gasteiger partial charge in [0.05, 0.1) is 16.6 Å². The van der Waals surface area contributed by atoms with Crippen LogP contribution in [0.4, 0.5) is 10.1 Å². The van der Waals surface area contributed by atoms with E-state index in [2.05, 4.69) is 11.4 Å². The minimum absolute atomic E-state index is 0.0586. The van der Waals surface area contributed by atoms with Gasteiger partial charge in [0.2, 0.25) is 5.91 Å². The van der Waals surface area contributed by atoms with Crippen molar-refractivity contribution < 1.29 is 17.6 Å². The molecule has 0 radical (unpaired) electrons. The fourth-order valence-electron chi connectivity index (χ4n) is 3.70. The number of anilines is 1. The number of carbonyl (C=O) groups excluding carboxylic acids is 1. The van der Waals surface area contributed by atoms with Crippen LogP contribution >= 0.6 is 0 Å². The van der Waals surface area contributed by atoms with E-state index < -0.39 is 28.3 Å². The highest BCUT2D eigenvalue weighted by molar-refractivity contribution is 7.92. The first-order valence-electron chi connectivity index (χ1n) is 10.7. The number of aryl methyl sites for hydroxylation is 4. The smallest absolute Gasteiger partial charge is 0.264 e. The summed E-state index contributed by atoms with van der Waals surface area (Å²) in [5.74, 6) is -0.949. The van der Waals surface area contributed by atoms with Crippen molar-refractivity contribution in [1.82, 2.24) is 5.32 Å². The van der Waals surface area contributed by atoms with Gasteiger partial charge in [-0.1, -0.05) is 29.8 Å². The van der Waals surface area contributed by atoms with Crippen LogP contribution in [0.2, 0.25) is 0 Å². The number of hydrogen-bond donors (Lipinski definition) is 1. The lowest BCUT2D eigenvalue weighted by Crippen LogP contribution is -2.41. The van der Waals surface area contributed by atoms with Gasteiger partial charge >= 0.3 is 0 Å². The van der Waals surface area contributed by atoms with E-state index in [0.29, 0.717) is 0 Å². The number of rotatable bonds is 7. The normalized spacial score (nSPS) is 12.3. The van der Waals surface area contributed by atoms with E-state index in [1.54, 1.807) is 12.1 Å². The first-order chi connectivity index (χ1) is 15.5. The summed E-state index contributed by atoms with van der Waals surface area (Å²) < 4.78 is 41.3. The van der Waals surface area contributed by atoms with Crippen LogP contribution in [0.5, 0.6) is 0 Å². The highest BCUT2D eigenvalue weighted by Crippen LogP contribution is 2.25. The maximum absolute atomic E-state index is 13.5. The Kier molecular flexibility index (Phi) is 7.22. The summed E-state index contributed by atoms with van der Waals surface area (Å²) in [4.78, 5) is 13.0. The minimum atomic E-state index is -4.05. The number of hydrogen-bond acceptors (Lipinski definition) is 3. The van der Waals surface area contributed by atoms with Gasteiger partial charge in [0.15, 0.2) is 0 Å². The molecule has 1 N–H and O–H groups in total. The van der Waals surface area contributed by atoms with Gasteiger partial charge in [0, 0.05) is 0 Å². The van der Waals surface area contributed by atoms with Gasteiger partial charge in [-0.25, -0.2) is 12.8 Å². The standard InChI is InChI=1S/C26H29FN2O3S/c1-17-6-12-24(13-7-17)33(31,32)29(23-10-8-22(27)9-11-23)16-26(30)28-21(5)25-15-19(3)18(2)14-20(25)4/h6-15,21H,16H2,1-5H3,(H,28,30). The Bertz CT molecular complexity index is 1250. The summed E-state index contributed by atoms with van der Waals surface area (Å²) >= 11 is 0. The molecule has 0 saturated heterocycles. The predicted molar refractivity (Wildman–Crippen MR) is 129 cm³/mol. The molecule has 0 spiro atoms.